The molecule has 0 spiro atoms. The SMILES string of the molecule is CCCCC(C(=O)O)N(C)CCCNC. The summed E-state index contributed by atoms with van der Waals surface area (Å²) in [7, 11) is 3.80. The molecule has 1 unspecified atom stereocenters. The highest BCUT2D eigenvalue weighted by molar-refractivity contribution is 5.73. The summed E-state index contributed by atoms with van der Waals surface area (Å²) in [5, 5.41) is 12.1. The molecular weight excluding hydrogens is 192 g/mol. The highest BCUT2D eigenvalue weighted by Crippen LogP contribution is 2.07. The van der Waals surface area contributed by atoms with E-state index in [0.29, 0.717) is 0 Å². The van der Waals surface area contributed by atoms with Gasteiger partial charge in [-0.2, -0.15) is 0 Å². The molecule has 0 saturated heterocycles. The molecule has 4 heteroatoms. The topological polar surface area (TPSA) is 52.6 Å². The summed E-state index contributed by atoms with van der Waals surface area (Å²) in [4.78, 5) is 13.0. The van der Waals surface area contributed by atoms with E-state index >= 15 is 0 Å². The number of rotatable bonds is 9. The van der Waals surface area contributed by atoms with Crippen molar-refractivity contribution < 1.29 is 9.90 Å². The van der Waals surface area contributed by atoms with Gasteiger partial charge in [0.15, 0.2) is 0 Å². The van der Waals surface area contributed by atoms with Gasteiger partial charge in [-0.25, -0.2) is 0 Å². The minimum absolute atomic E-state index is 0.318. The number of carboxylic acid groups (broad SMARTS) is 1. The zero-order valence-corrected chi connectivity index (χ0v) is 10.1. The number of carboxylic acids is 1. The predicted octanol–water partition coefficient (Wildman–Crippen LogP) is 1.17. The maximum Gasteiger partial charge on any atom is 0.320 e. The Morgan fingerprint density at radius 3 is 2.60 bits per heavy atom. The van der Waals surface area contributed by atoms with Gasteiger partial charge in [0, 0.05) is 0 Å². The molecule has 0 radical (unpaired) electrons. The molecular formula is C11H24N2O2. The van der Waals surface area contributed by atoms with Crippen molar-refractivity contribution >= 4 is 5.97 Å². The average molecular weight is 216 g/mol. The Labute approximate surface area is 92.7 Å². The van der Waals surface area contributed by atoms with E-state index in [2.05, 4.69) is 12.2 Å². The zero-order valence-electron chi connectivity index (χ0n) is 10.1. The molecule has 0 aromatic rings. The lowest BCUT2D eigenvalue weighted by Gasteiger charge is -2.24. The number of hydrogen-bond acceptors (Lipinski definition) is 3. The molecule has 1 atom stereocenters. The minimum Gasteiger partial charge on any atom is -0.480 e. The van der Waals surface area contributed by atoms with Crippen LogP contribution in [0.5, 0.6) is 0 Å². The van der Waals surface area contributed by atoms with Gasteiger partial charge in [0.2, 0.25) is 0 Å². The maximum atomic E-state index is 11.0. The summed E-state index contributed by atoms with van der Waals surface area (Å²) in [6.07, 6.45) is 3.77. The van der Waals surface area contributed by atoms with Crippen LogP contribution in [-0.4, -0.2) is 49.2 Å². The van der Waals surface area contributed by atoms with Crippen LogP contribution in [0.1, 0.15) is 32.6 Å². The van der Waals surface area contributed by atoms with E-state index < -0.39 is 5.97 Å². The fourth-order valence-electron chi connectivity index (χ4n) is 1.59. The number of aliphatic carboxylic acids is 1. The minimum atomic E-state index is -0.699. The molecule has 90 valence electrons. The van der Waals surface area contributed by atoms with E-state index in [-0.39, 0.29) is 6.04 Å². The highest BCUT2D eigenvalue weighted by atomic mass is 16.4. The van der Waals surface area contributed by atoms with Crippen LogP contribution in [-0.2, 0) is 4.79 Å². The molecule has 15 heavy (non-hydrogen) atoms. The van der Waals surface area contributed by atoms with Crippen molar-refractivity contribution in [2.24, 2.45) is 0 Å². The van der Waals surface area contributed by atoms with Gasteiger partial charge in [0.1, 0.15) is 6.04 Å². The molecule has 0 amide bonds. The van der Waals surface area contributed by atoms with Gasteiger partial charge in [-0.1, -0.05) is 19.8 Å². The number of unbranched alkanes of at least 4 members (excludes halogenated alkanes) is 1. The Balaban J connectivity index is 3.93. The highest BCUT2D eigenvalue weighted by Gasteiger charge is 2.20. The van der Waals surface area contributed by atoms with Crippen molar-refractivity contribution in [3.63, 3.8) is 0 Å². The molecule has 0 rings (SSSR count). The first-order valence-electron chi connectivity index (χ1n) is 5.71. The van der Waals surface area contributed by atoms with E-state index in [1.54, 1.807) is 0 Å². The molecule has 0 aromatic heterocycles. The van der Waals surface area contributed by atoms with E-state index in [9.17, 15) is 4.79 Å². The van der Waals surface area contributed by atoms with Crippen LogP contribution in [0.3, 0.4) is 0 Å². The summed E-state index contributed by atoms with van der Waals surface area (Å²) >= 11 is 0. The smallest absolute Gasteiger partial charge is 0.320 e. The third-order valence-electron chi connectivity index (χ3n) is 2.59. The van der Waals surface area contributed by atoms with E-state index in [1.165, 1.54) is 0 Å². The van der Waals surface area contributed by atoms with Crippen LogP contribution in [0.2, 0.25) is 0 Å². The fourth-order valence-corrected chi connectivity index (χ4v) is 1.59. The first kappa shape index (κ1) is 14.4. The van der Waals surface area contributed by atoms with E-state index in [0.717, 1.165) is 38.8 Å². The summed E-state index contributed by atoms with van der Waals surface area (Å²) in [5.41, 5.74) is 0. The predicted molar refractivity (Wildman–Crippen MR) is 62.1 cm³/mol. The Morgan fingerprint density at radius 1 is 1.47 bits per heavy atom. The summed E-state index contributed by atoms with van der Waals surface area (Å²) in [6, 6.07) is -0.318. The lowest BCUT2D eigenvalue weighted by atomic mass is 10.1. The first-order valence-corrected chi connectivity index (χ1v) is 5.71. The molecule has 2 N–H and O–H groups in total. The van der Waals surface area contributed by atoms with Crippen molar-refractivity contribution in [2.75, 3.05) is 27.2 Å². The lowest BCUT2D eigenvalue weighted by Crippen LogP contribution is -2.39. The average Bonchev–Trinajstić information content (AvgIpc) is 2.18. The fraction of sp³-hybridized carbons (Fsp3) is 0.909. The molecule has 0 heterocycles. The van der Waals surface area contributed by atoms with Crippen LogP contribution in [0, 0.1) is 0 Å². The number of hydrogen-bond donors (Lipinski definition) is 2. The summed E-state index contributed by atoms with van der Waals surface area (Å²) in [6.45, 7) is 3.85. The van der Waals surface area contributed by atoms with E-state index in [4.69, 9.17) is 5.11 Å². The second kappa shape index (κ2) is 8.68. The maximum absolute atomic E-state index is 11.0. The zero-order chi connectivity index (χ0) is 11.7. The molecule has 0 aliphatic carbocycles. The molecule has 0 saturated carbocycles. The van der Waals surface area contributed by atoms with Crippen LogP contribution in [0.15, 0.2) is 0 Å². The Morgan fingerprint density at radius 2 is 2.13 bits per heavy atom. The van der Waals surface area contributed by atoms with Gasteiger partial charge in [-0.15, -0.1) is 0 Å². The number of likely N-dealkylation sites (N-methyl/N-ethyl adjacent to an activating group) is 1. The van der Waals surface area contributed by atoms with Gasteiger partial charge in [0.05, 0.1) is 0 Å². The summed E-state index contributed by atoms with van der Waals surface area (Å²) in [5.74, 6) is -0.699. The third-order valence-corrected chi connectivity index (χ3v) is 2.59. The van der Waals surface area contributed by atoms with Gasteiger partial charge in [0.25, 0.3) is 0 Å². The van der Waals surface area contributed by atoms with Crippen molar-refractivity contribution in [1.82, 2.24) is 10.2 Å². The Hall–Kier alpha value is -0.610. The van der Waals surface area contributed by atoms with Gasteiger partial charge in [-0.05, 0) is 40.0 Å². The second-order valence-electron chi connectivity index (χ2n) is 3.93. The Kier molecular flexibility index (Phi) is 8.33. The normalized spacial score (nSPS) is 13.1. The molecule has 0 aromatic carbocycles. The van der Waals surface area contributed by atoms with Crippen molar-refractivity contribution in [3.05, 3.63) is 0 Å². The van der Waals surface area contributed by atoms with Crippen molar-refractivity contribution in [1.29, 1.82) is 0 Å². The van der Waals surface area contributed by atoms with Gasteiger partial charge >= 0.3 is 5.97 Å². The Bertz CT molecular complexity index is 174. The van der Waals surface area contributed by atoms with Crippen LogP contribution in [0.25, 0.3) is 0 Å². The molecule has 4 nitrogen and oxygen atoms in total. The van der Waals surface area contributed by atoms with E-state index in [1.807, 2.05) is 19.0 Å². The van der Waals surface area contributed by atoms with Crippen molar-refractivity contribution in [3.8, 4) is 0 Å². The van der Waals surface area contributed by atoms with Crippen LogP contribution in [0.4, 0.5) is 0 Å². The number of carbonyl (C=O) groups is 1. The number of nitrogens with zero attached hydrogens (tertiary/aromatic N) is 1. The quantitative estimate of drug-likeness (QED) is 0.568. The van der Waals surface area contributed by atoms with Gasteiger partial charge in [-0.3, -0.25) is 9.69 Å². The van der Waals surface area contributed by atoms with Gasteiger partial charge < -0.3 is 10.4 Å². The van der Waals surface area contributed by atoms with Crippen molar-refractivity contribution in [2.45, 2.75) is 38.6 Å². The number of nitrogens with one attached hydrogen (secondary N) is 1. The molecule has 0 aliphatic heterocycles. The van der Waals surface area contributed by atoms with Crippen LogP contribution < -0.4 is 5.32 Å². The molecule has 0 aliphatic rings. The largest absolute Gasteiger partial charge is 0.480 e. The monoisotopic (exact) mass is 216 g/mol. The third kappa shape index (κ3) is 6.47. The van der Waals surface area contributed by atoms with Crippen LogP contribution >= 0.6 is 0 Å². The lowest BCUT2D eigenvalue weighted by molar-refractivity contribution is -0.143. The summed E-state index contributed by atoms with van der Waals surface area (Å²) < 4.78 is 0. The molecule has 0 fully saturated rings. The second-order valence-corrected chi connectivity index (χ2v) is 3.93. The standard InChI is InChI=1S/C11H24N2O2/c1-4-5-7-10(11(14)15)13(3)9-6-8-12-2/h10,12H,4-9H2,1-3H3,(H,14,15). The first-order chi connectivity index (χ1) is 7.13. The molecule has 0 bridgehead atoms.